The monoisotopic (exact) mass is 350 g/mol. The minimum atomic E-state index is -4.29. The Morgan fingerprint density at radius 3 is 2.46 bits per heavy atom. The Labute approximate surface area is 136 Å². The molecule has 3 rings (SSSR count). The molecule has 1 heterocycles. The normalized spacial score (nSPS) is 22.7. The van der Waals surface area contributed by atoms with E-state index >= 15 is 0 Å². The van der Waals surface area contributed by atoms with Crippen LogP contribution in [0.4, 0.5) is 5.69 Å². The molecule has 0 N–H and O–H groups in total. The van der Waals surface area contributed by atoms with Crippen LogP contribution in [0.25, 0.3) is 0 Å². The van der Waals surface area contributed by atoms with Crippen molar-refractivity contribution in [2.45, 2.75) is 10.7 Å². The van der Waals surface area contributed by atoms with Gasteiger partial charge in [0.15, 0.2) is 4.90 Å². The van der Waals surface area contributed by atoms with Crippen LogP contribution < -0.4 is 0 Å². The maximum Gasteiger partial charge on any atom is 0.335 e. The van der Waals surface area contributed by atoms with E-state index in [4.69, 9.17) is 9.47 Å². The molecule has 1 aliphatic carbocycles. The van der Waals surface area contributed by atoms with Crippen molar-refractivity contribution in [1.29, 1.82) is 0 Å². The first-order valence-corrected chi connectivity index (χ1v) is 8.08. The summed E-state index contributed by atoms with van der Waals surface area (Å²) >= 11 is 0. The van der Waals surface area contributed by atoms with E-state index < -0.39 is 37.3 Å². The summed E-state index contributed by atoms with van der Waals surface area (Å²) in [6.07, 6.45) is 5.27. The molecule has 0 aromatic heterocycles. The van der Waals surface area contributed by atoms with Crippen LogP contribution in [0.1, 0.15) is 0 Å². The Kier molecular flexibility index (Phi) is 3.78. The lowest BCUT2D eigenvalue weighted by Crippen LogP contribution is -2.27. The molecular weight excluding hydrogens is 340 g/mol. The Bertz CT molecular complexity index is 899. The van der Waals surface area contributed by atoms with Crippen molar-refractivity contribution in [2.75, 3.05) is 6.61 Å². The molecule has 2 aliphatic rings. The van der Waals surface area contributed by atoms with Gasteiger partial charge in [-0.1, -0.05) is 12.1 Å². The molecule has 24 heavy (non-hydrogen) atoms. The molecule has 0 unspecified atom stereocenters. The maximum absolute atomic E-state index is 12.3. The van der Waals surface area contributed by atoms with Gasteiger partial charge < -0.3 is 9.47 Å². The minimum Gasteiger partial charge on any atom is -0.424 e. The summed E-state index contributed by atoms with van der Waals surface area (Å²) in [7, 11) is -4.29. The summed E-state index contributed by atoms with van der Waals surface area (Å²) in [5.74, 6) is -1.89. The largest absolute Gasteiger partial charge is 0.424 e. The number of allylic oxidation sites excluding steroid dienone is 2. The summed E-state index contributed by atoms with van der Waals surface area (Å²) < 4.78 is 38.3. The number of ether oxygens (including phenoxy) is 2. The number of carbonyl (C=O) groups is 1. The number of nitro benzene ring substituents is 1. The first kappa shape index (κ1) is 16.0. The molecule has 1 aromatic carbocycles. The van der Waals surface area contributed by atoms with Crippen LogP contribution >= 0.6 is 0 Å². The molecule has 1 aliphatic heterocycles. The standard InChI is InChI=1S/C14H10N2O7S/c17-13-9-22-14(23-13)7-5-10(6-8-14)15-24(20,21)12-4-2-1-3-11(12)16(18)19/h1-8H,9H2. The third kappa shape index (κ3) is 2.96. The maximum atomic E-state index is 12.3. The van der Waals surface area contributed by atoms with Gasteiger partial charge in [0.25, 0.3) is 21.5 Å². The van der Waals surface area contributed by atoms with E-state index in [0.29, 0.717) is 0 Å². The lowest BCUT2D eigenvalue weighted by Gasteiger charge is -2.20. The van der Waals surface area contributed by atoms with E-state index in [2.05, 4.69) is 4.40 Å². The van der Waals surface area contributed by atoms with Crippen LogP contribution in [0.2, 0.25) is 0 Å². The van der Waals surface area contributed by atoms with Gasteiger partial charge in [-0.25, -0.2) is 4.79 Å². The van der Waals surface area contributed by atoms with Gasteiger partial charge in [0.05, 0.1) is 10.6 Å². The number of rotatable bonds is 3. The predicted molar refractivity (Wildman–Crippen MR) is 80.8 cm³/mol. The average Bonchev–Trinajstić information content (AvgIpc) is 2.90. The van der Waals surface area contributed by atoms with Gasteiger partial charge in [0.1, 0.15) is 6.61 Å². The Hall–Kier alpha value is -2.85. The molecule has 10 heteroatoms. The van der Waals surface area contributed by atoms with E-state index in [1.165, 1.54) is 36.4 Å². The van der Waals surface area contributed by atoms with Crippen molar-refractivity contribution in [3.63, 3.8) is 0 Å². The molecule has 0 amide bonds. The van der Waals surface area contributed by atoms with Crippen molar-refractivity contribution in [2.24, 2.45) is 4.40 Å². The topological polar surface area (TPSA) is 125 Å². The lowest BCUT2D eigenvalue weighted by molar-refractivity contribution is -0.387. The van der Waals surface area contributed by atoms with Gasteiger partial charge in [-0.05, 0) is 30.4 Å². The summed E-state index contributed by atoms with van der Waals surface area (Å²) in [6.45, 7) is -0.213. The van der Waals surface area contributed by atoms with Crippen LogP contribution in [0.15, 0.2) is 57.9 Å². The van der Waals surface area contributed by atoms with E-state index in [9.17, 15) is 23.3 Å². The van der Waals surface area contributed by atoms with Crippen molar-refractivity contribution in [3.05, 3.63) is 58.7 Å². The average molecular weight is 350 g/mol. The second kappa shape index (κ2) is 5.65. The zero-order valence-electron chi connectivity index (χ0n) is 12.0. The Balaban J connectivity index is 1.93. The van der Waals surface area contributed by atoms with Gasteiger partial charge in [-0.2, -0.15) is 12.8 Å². The molecule has 0 atom stereocenters. The third-order valence-corrected chi connectivity index (χ3v) is 4.58. The predicted octanol–water partition coefficient (Wildman–Crippen LogP) is 1.12. The van der Waals surface area contributed by atoms with Gasteiger partial charge in [0.2, 0.25) is 0 Å². The molecule has 1 aromatic rings. The van der Waals surface area contributed by atoms with Crippen LogP contribution in [0.5, 0.6) is 0 Å². The Morgan fingerprint density at radius 1 is 1.21 bits per heavy atom. The third-order valence-electron chi connectivity index (χ3n) is 3.23. The van der Waals surface area contributed by atoms with Crippen LogP contribution in [0, 0.1) is 10.1 Å². The SMILES string of the molecule is O=C1COC2(C=CC(=NS(=O)(=O)c3ccccc3[N+](=O)[O-])C=C2)O1. The highest BCUT2D eigenvalue weighted by atomic mass is 32.2. The highest BCUT2D eigenvalue weighted by Gasteiger charge is 2.38. The molecule has 124 valence electrons. The molecule has 0 bridgehead atoms. The lowest BCUT2D eigenvalue weighted by atomic mass is 10.1. The summed E-state index contributed by atoms with van der Waals surface area (Å²) in [5.41, 5.74) is -0.541. The first-order valence-electron chi connectivity index (χ1n) is 6.64. The summed E-state index contributed by atoms with van der Waals surface area (Å²) in [5, 5.41) is 11.0. The second-order valence-corrected chi connectivity index (χ2v) is 6.44. The van der Waals surface area contributed by atoms with E-state index in [1.54, 1.807) is 0 Å². The summed E-state index contributed by atoms with van der Waals surface area (Å²) in [6, 6.07) is 4.92. The highest BCUT2D eigenvalue weighted by molar-refractivity contribution is 7.90. The quantitative estimate of drug-likeness (QED) is 0.454. The summed E-state index contributed by atoms with van der Waals surface area (Å²) in [4.78, 5) is 20.8. The number of benzene rings is 1. The number of para-hydroxylation sites is 1. The fraction of sp³-hybridized carbons (Fsp3) is 0.143. The molecular formula is C14H10N2O7S. The number of hydrogen-bond acceptors (Lipinski definition) is 7. The van der Waals surface area contributed by atoms with Gasteiger partial charge in [-0.15, -0.1) is 0 Å². The first-order chi connectivity index (χ1) is 11.3. The molecule has 1 fully saturated rings. The van der Waals surface area contributed by atoms with Gasteiger partial charge in [-0.3, -0.25) is 10.1 Å². The number of nitrogens with zero attached hydrogens (tertiary/aromatic N) is 2. The second-order valence-electron chi connectivity index (χ2n) is 4.87. The number of hydrogen-bond donors (Lipinski definition) is 0. The molecule has 1 spiro atoms. The van der Waals surface area contributed by atoms with E-state index in [0.717, 1.165) is 12.1 Å². The van der Waals surface area contributed by atoms with Crippen LogP contribution in [0.3, 0.4) is 0 Å². The van der Waals surface area contributed by atoms with Crippen molar-refractivity contribution in [1.82, 2.24) is 0 Å². The van der Waals surface area contributed by atoms with E-state index in [-0.39, 0.29) is 12.3 Å². The van der Waals surface area contributed by atoms with Gasteiger partial charge >= 0.3 is 5.97 Å². The number of sulfonamides is 1. The fourth-order valence-corrected chi connectivity index (χ4v) is 3.32. The molecule has 9 nitrogen and oxygen atoms in total. The zero-order chi connectivity index (χ0) is 17.4. The number of esters is 1. The fourth-order valence-electron chi connectivity index (χ4n) is 2.16. The molecule has 1 saturated heterocycles. The van der Waals surface area contributed by atoms with Crippen LogP contribution in [-0.4, -0.2) is 37.4 Å². The number of nitro groups is 1. The zero-order valence-corrected chi connectivity index (χ0v) is 12.8. The van der Waals surface area contributed by atoms with Crippen molar-refractivity contribution < 1.29 is 27.6 Å². The highest BCUT2D eigenvalue weighted by Crippen LogP contribution is 2.28. The minimum absolute atomic E-state index is 0.0188. The van der Waals surface area contributed by atoms with Crippen molar-refractivity contribution in [3.8, 4) is 0 Å². The van der Waals surface area contributed by atoms with Gasteiger partial charge in [0, 0.05) is 6.07 Å². The van der Waals surface area contributed by atoms with Crippen molar-refractivity contribution >= 4 is 27.4 Å². The molecule has 0 saturated carbocycles. The Morgan fingerprint density at radius 2 is 1.88 bits per heavy atom. The van der Waals surface area contributed by atoms with Crippen LogP contribution in [-0.2, 0) is 24.3 Å². The van der Waals surface area contributed by atoms with E-state index in [1.807, 2.05) is 0 Å². The number of carbonyl (C=O) groups excluding carboxylic acids is 1. The molecule has 0 radical (unpaired) electrons. The smallest absolute Gasteiger partial charge is 0.335 e.